The Labute approximate surface area is 185 Å². The van der Waals surface area contributed by atoms with E-state index in [1.54, 1.807) is 6.26 Å². The summed E-state index contributed by atoms with van der Waals surface area (Å²) in [4.78, 5) is 12.5. The fourth-order valence-corrected chi connectivity index (χ4v) is 3.91. The van der Waals surface area contributed by atoms with Gasteiger partial charge in [-0.1, -0.05) is 68.1 Å². The van der Waals surface area contributed by atoms with Crippen LogP contribution in [0.2, 0.25) is 0 Å². The van der Waals surface area contributed by atoms with Crippen molar-refractivity contribution in [1.29, 1.82) is 0 Å². The van der Waals surface area contributed by atoms with Gasteiger partial charge in [0.25, 0.3) is 0 Å². The van der Waals surface area contributed by atoms with Crippen LogP contribution < -0.4 is 5.32 Å². The summed E-state index contributed by atoms with van der Waals surface area (Å²) in [7, 11) is 0. The van der Waals surface area contributed by atoms with Gasteiger partial charge in [0.2, 0.25) is 5.91 Å². The third-order valence-electron chi connectivity index (χ3n) is 4.84. The van der Waals surface area contributed by atoms with Gasteiger partial charge < -0.3 is 9.73 Å². The number of hydrogen-bond acceptors (Lipinski definition) is 5. The Bertz CT molecular complexity index is 1120. The number of furan rings is 1. The number of benzene rings is 2. The van der Waals surface area contributed by atoms with Gasteiger partial charge in [0.15, 0.2) is 11.0 Å². The average Bonchev–Trinajstić information content (AvgIpc) is 3.44. The van der Waals surface area contributed by atoms with E-state index in [9.17, 15) is 4.79 Å². The van der Waals surface area contributed by atoms with Crippen molar-refractivity contribution in [3.8, 4) is 11.4 Å². The highest BCUT2D eigenvalue weighted by molar-refractivity contribution is 7.99. The van der Waals surface area contributed by atoms with Crippen molar-refractivity contribution < 1.29 is 9.21 Å². The molecular weight excluding hydrogens is 408 g/mol. The molecule has 0 atom stereocenters. The van der Waals surface area contributed by atoms with E-state index in [1.165, 1.54) is 17.3 Å². The lowest BCUT2D eigenvalue weighted by atomic mass is 10.0. The molecular formula is C24H24N4O2S. The van der Waals surface area contributed by atoms with Crippen molar-refractivity contribution in [3.05, 3.63) is 84.3 Å². The SMILES string of the molecule is CC(C)c1ccc(NC(=O)CSc2nnc(-c3ccccc3)n2Cc2ccco2)cc1. The van der Waals surface area contributed by atoms with Gasteiger partial charge in [0.1, 0.15) is 5.76 Å². The Morgan fingerprint density at radius 3 is 2.48 bits per heavy atom. The van der Waals surface area contributed by atoms with Crippen LogP contribution in [-0.2, 0) is 11.3 Å². The molecule has 0 unspecified atom stereocenters. The minimum atomic E-state index is -0.0869. The molecule has 1 N–H and O–H groups in total. The molecule has 0 saturated heterocycles. The van der Waals surface area contributed by atoms with Crippen molar-refractivity contribution in [2.75, 3.05) is 11.1 Å². The molecule has 0 radical (unpaired) electrons. The summed E-state index contributed by atoms with van der Waals surface area (Å²) in [5, 5.41) is 12.3. The lowest BCUT2D eigenvalue weighted by Crippen LogP contribution is -2.15. The number of amides is 1. The summed E-state index contributed by atoms with van der Waals surface area (Å²) in [6.45, 7) is 4.78. The molecule has 0 fully saturated rings. The molecule has 0 aliphatic rings. The molecule has 4 rings (SSSR count). The Kier molecular flexibility index (Phi) is 6.52. The highest BCUT2D eigenvalue weighted by atomic mass is 32.2. The van der Waals surface area contributed by atoms with Gasteiger partial charge in [-0.05, 0) is 35.7 Å². The standard InChI is InChI=1S/C24H24N4O2S/c1-17(2)18-10-12-20(13-11-18)25-22(29)16-31-24-27-26-23(19-7-4-3-5-8-19)28(24)15-21-9-6-14-30-21/h3-14,17H,15-16H2,1-2H3,(H,25,29). The van der Waals surface area contributed by atoms with Crippen LogP contribution in [0.4, 0.5) is 5.69 Å². The van der Waals surface area contributed by atoms with Crippen molar-refractivity contribution in [3.63, 3.8) is 0 Å². The fraction of sp³-hybridized carbons (Fsp3) is 0.208. The molecule has 0 saturated carbocycles. The molecule has 6 nitrogen and oxygen atoms in total. The quantitative estimate of drug-likeness (QED) is 0.375. The van der Waals surface area contributed by atoms with E-state index < -0.39 is 0 Å². The van der Waals surface area contributed by atoms with Crippen LogP contribution in [0, 0.1) is 0 Å². The van der Waals surface area contributed by atoms with Crippen LogP contribution >= 0.6 is 11.8 Å². The van der Waals surface area contributed by atoms with E-state index in [4.69, 9.17) is 4.42 Å². The largest absolute Gasteiger partial charge is 0.467 e. The van der Waals surface area contributed by atoms with Gasteiger partial charge in [0, 0.05) is 11.3 Å². The van der Waals surface area contributed by atoms with E-state index in [0.29, 0.717) is 17.6 Å². The topological polar surface area (TPSA) is 73.0 Å². The minimum absolute atomic E-state index is 0.0869. The molecule has 2 aromatic heterocycles. The van der Waals surface area contributed by atoms with Crippen molar-refractivity contribution in [2.45, 2.75) is 31.5 Å². The van der Waals surface area contributed by atoms with Crippen LogP contribution in [0.3, 0.4) is 0 Å². The Hall–Kier alpha value is -3.32. The summed E-state index contributed by atoms with van der Waals surface area (Å²) >= 11 is 1.36. The number of anilines is 1. The van der Waals surface area contributed by atoms with Crippen LogP contribution in [0.1, 0.15) is 31.1 Å². The summed E-state index contributed by atoms with van der Waals surface area (Å²) in [5.41, 5.74) is 2.99. The highest BCUT2D eigenvalue weighted by Gasteiger charge is 2.17. The van der Waals surface area contributed by atoms with Gasteiger partial charge in [-0.2, -0.15) is 0 Å². The summed E-state index contributed by atoms with van der Waals surface area (Å²) in [6, 6.07) is 21.6. The minimum Gasteiger partial charge on any atom is -0.467 e. The third-order valence-corrected chi connectivity index (χ3v) is 5.80. The first-order valence-electron chi connectivity index (χ1n) is 10.1. The second-order valence-corrected chi connectivity index (χ2v) is 8.39. The zero-order valence-corrected chi connectivity index (χ0v) is 18.3. The van der Waals surface area contributed by atoms with Gasteiger partial charge in [-0.25, -0.2) is 0 Å². The number of thioether (sulfide) groups is 1. The molecule has 158 valence electrons. The molecule has 0 aliphatic heterocycles. The molecule has 1 amide bonds. The normalized spacial score (nSPS) is 11.1. The zero-order valence-electron chi connectivity index (χ0n) is 17.5. The number of carbonyl (C=O) groups excluding carboxylic acids is 1. The average molecular weight is 433 g/mol. The molecule has 2 aromatic carbocycles. The van der Waals surface area contributed by atoms with Gasteiger partial charge >= 0.3 is 0 Å². The Balaban J connectivity index is 1.47. The van der Waals surface area contributed by atoms with E-state index in [0.717, 1.165) is 22.8 Å². The fourth-order valence-electron chi connectivity index (χ4n) is 3.18. The second kappa shape index (κ2) is 9.66. The molecule has 4 aromatic rings. The highest BCUT2D eigenvalue weighted by Crippen LogP contribution is 2.25. The summed E-state index contributed by atoms with van der Waals surface area (Å²) in [6.07, 6.45) is 1.65. The number of carbonyl (C=O) groups is 1. The predicted octanol–water partition coefficient (Wildman–Crippen LogP) is 5.44. The number of nitrogens with one attached hydrogen (secondary N) is 1. The molecule has 0 bridgehead atoms. The number of nitrogens with zero attached hydrogens (tertiary/aromatic N) is 3. The third kappa shape index (κ3) is 5.24. The van der Waals surface area contributed by atoms with Crippen LogP contribution in [0.25, 0.3) is 11.4 Å². The van der Waals surface area contributed by atoms with Crippen molar-refractivity contribution in [1.82, 2.24) is 14.8 Å². The lowest BCUT2D eigenvalue weighted by molar-refractivity contribution is -0.113. The Morgan fingerprint density at radius 1 is 1.03 bits per heavy atom. The van der Waals surface area contributed by atoms with Crippen LogP contribution in [-0.4, -0.2) is 26.4 Å². The van der Waals surface area contributed by atoms with E-state index in [2.05, 4.69) is 29.4 Å². The maximum atomic E-state index is 12.5. The first-order chi connectivity index (χ1) is 15.1. The van der Waals surface area contributed by atoms with Crippen molar-refractivity contribution >= 4 is 23.4 Å². The van der Waals surface area contributed by atoms with Crippen molar-refractivity contribution in [2.24, 2.45) is 0 Å². The Morgan fingerprint density at radius 2 is 1.81 bits per heavy atom. The zero-order chi connectivity index (χ0) is 21.6. The molecule has 31 heavy (non-hydrogen) atoms. The summed E-state index contributed by atoms with van der Waals surface area (Å²) < 4.78 is 7.49. The van der Waals surface area contributed by atoms with Gasteiger partial charge in [-0.3, -0.25) is 9.36 Å². The van der Waals surface area contributed by atoms with E-state index >= 15 is 0 Å². The smallest absolute Gasteiger partial charge is 0.234 e. The molecule has 7 heteroatoms. The lowest BCUT2D eigenvalue weighted by Gasteiger charge is -2.10. The number of rotatable bonds is 8. The number of aromatic nitrogens is 3. The second-order valence-electron chi connectivity index (χ2n) is 7.45. The molecule has 2 heterocycles. The molecule has 0 aliphatic carbocycles. The molecule has 0 spiro atoms. The van der Waals surface area contributed by atoms with E-state index in [1.807, 2.05) is 71.3 Å². The maximum absolute atomic E-state index is 12.5. The summed E-state index contributed by atoms with van der Waals surface area (Å²) in [5.74, 6) is 2.14. The van der Waals surface area contributed by atoms with Crippen LogP contribution in [0.5, 0.6) is 0 Å². The van der Waals surface area contributed by atoms with E-state index in [-0.39, 0.29) is 11.7 Å². The first-order valence-corrected chi connectivity index (χ1v) is 11.1. The van der Waals surface area contributed by atoms with Crippen LogP contribution in [0.15, 0.2) is 82.6 Å². The monoisotopic (exact) mass is 432 g/mol. The maximum Gasteiger partial charge on any atom is 0.234 e. The number of hydrogen-bond donors (Lipinski definition) is 1. The first kappa shape index (κ1) is 20.9. The van der Waals surface area contributed by atoms with Gasteiger partial charge in [-0.15, -0.1) is 10.2 Å². The van der Waals surface area contributed by atoms with Gasteiger partial charge in [0.05, 0.1) is 18.6 Å². The predicted molar refractivity (Wildman–Crippen MR) is 123 cm³/mol.